The maximum atomic E-state index is 13.4. The van der Waals surface area contributed by atoms with Crippen molar-refractivity contribution < 1.29 is 9.13 Å². The van der Waals surface area contributed by atoms with E-state index in [1.165, 1.54) is 6.07 Å². The number of aryl methyl sites for hydroxylation is 1. The largest absolute Gasteiger partial charge is 0.497 e. The van der Waals surface area contributed by atoms with Gasteiger partial charge >= 0.3 is 0 Å². The van der Waals surface area contributed by atoms with E-state index in [1.807, 2.05) is 18.2 Å². The molecule has 3 rings (SSSR count). The molecular formula is C15H14FN3O. The molecule has 0 fully saturated rings. The minimum atomic E-state index is -0.241. The molecule has 5 heteroatoms. The van der Waals surface area contributed by atoms with Crippen LogP contribution in [0.2, 0.25) is 0 Å². The molecule has 2 aromatic carbocycles. The first-order chi connectivity index (χ1) is 9.60. The molecule has 0 aliphatic rings. The molecule has 0 aliphatic carbocycles. The van der Waals surface area contributed by atoms with Crippen molar-refractivity contribution >= 4 is 17.0 Å². The Kier molecular flexibility index (Phi) is 2.82. The molecule has 0 aliphatic heterocycles. The molecule has 0 bridgehead atoms. The lowest BCUT2D eigenvalue weighted by atomic mass is 10.2. The normalized spacial score (nSPS) is 10.9. The standard InChI is InChI=1S/C15H14FN3O/c1-9-7-10(3-5-12(9)16)19-14-8-11(20-2)4-6-13(14)18-15(19)17/h3-8H,1-2H3,(H2,17,18). The SMILES string of the molecule is COc1ccc2nc(N)n(-c3ccc(F)c(C)c3)c2c1. The summed E-state index contributed by atoms with van der Waals surface area (Å²) in [7, 11) is 1.60. The number of imidazole rings is 1. The van der Waals surface area contributed by atoms with Gasteiger partial charge in [-0.25, -0.2) is 9.37 Å². The van der Waals surface area contributed by atoms with Crippen molar-refractivity contribution in [3.63, 3.8) is 0 Å². The number of anilines is 1. The zero-order valence-electron chi connectivity index (χ0n) is 11.2. The first-order valence-electron chi connectivity index (χ1n) is 6.18. The van der Waals surface area contributed by atoms with Crippen LogP contribution in [-0.2, 0) is 0 Å². The molecule has 4 nitrogen and oxygen atoms in total. The van der Waals surface area contributed by atoms with Crippen LogP contribution >= 0.6 is 0 Å². The smallest absolute Gasteiger partial charge is 0.205 e. The summed E-state index contributed by atoms with van der Waals surface area (Å²) in [6, 6.07) is 10.4. The number of methoxy groups -OCH3 is 1. The third kappa shape index (κ3) is 1.87. The van der Waals surface area contributed by atoms with Crippen molar-refractivity contribution in [2.45, 2.75) is 6.92 Å². The van der Waals surface area contributed by atoms with Crippen molar-refractivity contribution in [1.29, 1.82) is 0 Å². The first-order valence-corrected chi connectivity index (χ1v) is 6.18. The number of nitrogens with two attached hydrogens (primary N) is 1. The summed E-state index contributed by atoms with van der Waals surface area (Å²) in [4.78, 5) is 4.31. The van der Waals surface area contributed by atoms with Gasteiger partial charge in [-0.15, -0.1) is 0 Å². The molecule has 2 N–H and O–H groups in total. The van der Waals surface area contributed by atoms with Crippen LogP contribution in [0.4, 0.5) is 10.3 Å². The molecule has 20 heavy (non-hydrogen) atoms. The molecule has 1 heterocycles. The number of nitrogen functional groups attached to an aromatic ring is 1. The molecule has 102 valence electrons. The van der Waals surface area contributed by atoms with Crippen molar-refractivity contribution in [1.82, 2.24) is 9.55 Å². The van der Waals surface area contributed by atoms with Gasteiger partial charge in [0, 0.05) is 11.8 Å². The summed E-state index contributed by atoms with van der Waals surface area (Å²) in [5, 5.41) is 0. The van der Waals surface area contributed by atoms with Crippen molar-refractivity contribution in [2.24, 2.45) is 0 Å². The molecule has 1 aromatic heterocycles. The van der Waals surface area contributed by atoms with Crippen LogP contribution in [0, 0.1) is 12.7 Å². The molecule has 0 unspecified atom stereocenters. The fourth-order valence-electron chi connectivity index (χ4n) is 2.24. The van der Waals surface area contributed by atoms with Gasteiger partial charge in [0.25, 0.3) is 0 Å². The van der Waals surface area contributed by atoms with E-state index in [0.29, 0.717) is 11.5 Å². The van der Waals surface area contributed by atoms with Crippen LogP contribution in [0.1, 0.15) is 5.56 Å². The highest BCUT2D eigenvalue weighted by atomic mass is 19.1. The van der Waals surface area contributed by atoms with Gasteiger partial charge in [0.2, 0.25) is 5.95 Å². The second-order valence-corrected chi connectivity index (χ2v) is 4.59. The van der Waals surface area contributed by atoms with Crippen molar-refractivity contribution in [2.75, 3.05) is 12.8 Å². The van der Waals surface area contributed by atoms with Crippen LogP contribution in [0.25, 0.3) is 16.7 Å². The molecule has 0 spiro atoms. The summed E-state index contributed by atoms with van der Waals surface area (Å²) in [6.45, 7) is 1.72. The molecular weight excluding hydrogens is 257 g/mol. The molecule has 0 radical (unpaired) electrons. The maximum absolute atomic E-state index is 13.4. The molecule has 0 saturated heterocycles. The number of hydrogen-bond donors (Lipinski definition) is 1. The highest BCUT2D eigenvalue weighted by molar-refractivity contribution is 5.82. The topological polar surface area (TPSA) is 53.1 Å². The lowest BCUT2D eigenvalue weighted by molar-refractivity contribution is 0.415. The van der Waals surface area contributed by atoms with E-state index < -0.39 is 0 Å². The monoisotopic (exact) mass is 271 g/mol. The van der Waals surface area contributed by atoms with Gasteiger partial charge < -0.3 is 10.5 Å². The molecule has 3 aromatic rings. The Labute approximate surface area is 115 Å². The van der Waals surface area contributed by atoms with Gasteiger partial charge in [0.05, 0.1) is 18.1 Å². The lowest BCUT2D eigenvalue weighted by Gasteiger charge is -2.08. The van der Waals surface area contributed by atoms with Crippen molar-refractivity contribution in [3.05, 3.63) is 47.8 Å². The van der Waals surface area contributed by atoms with E-state index in [2.05, 4.69) is 4.98 Å². The number of nitrogens with zero attached hydrogens (tertiary/aromatic N) is 2. The van der Waals surface area contributed by atoms with Gasteiger partial charge in [-0.1, -0.05) is 0 Å². The van der Waals surface area contributed by atoms with E-state index in [4.69, 9.17) is 10.5 Å². The zero-order valence-corrected chi connectivity index (χ0v) is 11.2. The fraction of sp³-hybridized carbons (Fsp3) is 0.133. The quantitative estimate of drug-likeness (QED) is 0.779. The Hall–Kier alpha value is -2.56. The first kappa shape index (κ1) is 12.5. The summed E-state index contributed by atoms with van der Waals surface area (Å²) < 4.78 is 20.4. The Morgan fingerprint density at radius 2 is 2.00 bits per heavy atom. The predicted molar refractivity (Wildman–Crippen MR) is 76.7 cm³/mol. The number of halogens is 1. The van der Waals surface area contributed by atoms with E-state index in [9.17, 15) is 4.39 Å². The predicted octanol–water partition coefficient (Wildman–Crippen LogP) is 3.06. The van der Waals surface area contributed by atoms with E-state index in [1.54, 1.807) is 30.7 Å². The summed E-state index contributed by atoms with van der Waals surface area (Å²) in [5.74, 6) is 0.839. The minimum Gasteiger partial charge on any atom is -0.497 e. The summed E-state index contributed by atoms with van der Waals surface area (Å²) in [5.41, 5.74) is 8.91. The average Bonchev–Trinajstić information content (AvgIpc) is 2.77. The van der Waals surface area contributed by atoms with E-state index >= 15 is 0 Å². The van der Waals surface area contributed by atoms with Gasteiger partial charge in [-0.3, -0.25) is 4.57 Å². The van der Waals surface area contributed by atoms with Crippen LogP contribution in [0.5, 0.6) is 5.75 Å². The van der Waals surface area contributed by atoms with Crippen LogP contribution in [0.15, 0.2) is 36.4 Å². The average molecular weight is 271 g/mol. The van der Waals surface area contributed by atoms with Crippen molar-refractivity contribution in [3.8, 4) is 11.4 Å². The Bertz CT molecular complexity index is 795. The maximum Gasteiger partial charge on any atom is 0.205 e. The second kappa shape index (κ2) is 4.52. The van der Waals surface area contributed by atoms with Gasteiger partial charge in [0.15, 0.2) is 0 Å². The van der Waals surface area contributed by atoms with E-state index in [-0.39, 0.29) is 5.82 Å². The number of fused-ring (bicyclic) bond motifs is 1. The van der Waals surface area contributed by atoms with Gasteiger partial charge in [-0.05, 0) is 42.8 Å². The highest BCUT2D eigenvalue weighted by Gasteiger charge is 2.12. The zero-order chi connectivity index (χ0) is 14.3. The Morgan fingerprint density at radius 3 is 2.70 bits per heavy atom. The molecule has 0 atom stereocenters. The van der Waals surface area contributed by atoms with E-state index in [0.717, 1.165) is 22.5 Å². The second-order valence-electron chi connectivity index (χ2n) is 4.59. The number of aromatic nitrogens is 2. The molecule has 0 saturated carbocycles. The Morgan fingerprint density at radius 1 is 1.20 bits per heavy atom. The summed E-state index contributed by atoms with van der Waals surface area (Å²) in [6.07, 6.45) is 0. The summed E-state index contributed by atoms with van der Waals surface area (Å²) >= 11 is 0. The fourth-order valence-corrected chi connectivity index (χ4v) is 2.24. The number of rotatable bonds is 2. The number of hydrogen-bond acceptors (Lipinski definition) is 3. The third-order valence-corrected chi connectivity index (χ3v) is 3.29. The number of ether oxygens (including phenoxy) is 1. The van der Waals surface area contributed by atoms with Gasteiger partial charge in [-0.2, -0.15) is 0 Å². The Balaban J connectivity index is 2.28. The van der Waals surface area contributed by atoms with Crippen LogP contribution in [-0.4, -0.2) is 16.7 Å². The van der Waals surface area contributed by atoms with Crippen LogP contribution in [0.3, 0.4) is 0 Å². The number of benzene rings is 2. The molecule has 0 amide bonds. The van der Waals surface area contributed by atoms with Gasteiger partial charge in [0.1, 0.15) is 11.6 Å². The third-order valence-electron chi connectivity index (χ3n) is 3.29. The minimum absolute atomic E-state index is 0.241. The highest BCUT2D eigenvalue weighted by Crippen LogP contribution is 2.27. The lowest BCUT2D eigenvalue weighted by Crippen LogP contribution is -2.01. The van der Waals surface area contributed by atoms with Crippen LogP contribution < -0.4 is 10.5 Å².